The number of hydrogen-bond acceptors (Lipinski definition) is 4. The summed E-state index contributed by atoms with van der Waals surface area (Å²) in [4.78, 5) is 0. The van der Waals surface area contributed by atoms with Crippen LogP contribution in [0.25, 0.3) is 0 Å². The topological polar surface area (TPSA) is 58.6 Å². The van der Waals surface area contributed by atoms with Crippen molar-refractivity contribution in [1.29, 1.82) is 0 Å². The second kappa shape index (κ2) is 13.0. The van der Waals surface area contributed by atoms with Crippen LogP contribution in [0.15, 0.2) is 0 Å². The number of aliphatic hydroxyl groups excluding tert-OH is 1. The van der Waals surface area contributed by atoms with Crippen molar-refractivity contribution in [2.75, 3.05) is 31.8 Å². The van der Waals surface area contributed by atoms with E-state index in [1.54, 1.807) is 6.26 Å². The molecule has 0 aromatic carbocycles. The van der Waals surface area contributed by atoms with E-state index >= 15 is 0 Å². The summed E-state index contributed by atoms with van der Waals surface area (Å²) in [5, 5.41) is 13.0. The van der Waals surface area contributed by atoms with Crippen molar-refractivity contribution in [3.05, 3.63) is 0 Å². The first-order chi connectivity index (χ1) is 9.06. The summed E-state index contributed by atoms with van der Waals surface area (Å²) >= 11 is 0. The van der Waals surface area contributed by atoms with Gasteiger partial charge in [-0.2, -0.15) is 0 Å². The Morgan fingerprint density at radius 3 is 2.68 bits per heavy atom. The molecule has 0 aromatic heterocycles. The molecule has 3 atom stereocenters. The molecular weight excluding hydrogens is 262 g/mol. The zero-order valence-corrected chi connectivity index (χ0v) is 13.5. The molecule has 0 aliphatic rings. The maximum absolute atomic E-state index is 10.9. The minimum absolute atomic E-state index is 0.281. The molecule has 116 valence electrons. The minimum Gasteiger partial charge on any atom is -0.389 e. The molecular formula is C14H31NO3S. The molecule has 0 rings (SSSR count). The Morgan fingerprint density at radius 2 is 2.05 bits per heavy atom. The van der Waals surface area contributed by atoms with E-state index in [0.29, 0.717) is 18.9 Å². The van der Waals surface area contributed by atoms with Crippen LogP contribution < -0.4 is 5.32 Å². The zero-order valence-electron chi connectivity index (χ0n) is 12.7. The Hall–Kier alpha value is 0.0300. The van der Waals surface area contributed by atoms with Crippen molar-refractivity contribution in [3.8, 4) is 0 Å². The number of rotatable bonds is 13. The van der Waals surface area contributed by atoms with Crippen molar-refractivity contribution in [2.24, 2.45) is 0 Å². The van der Waals surface area contributed by atoms with E-state index in [1.165, 1.54) is 19.3 Å². The van der Waals surface area contributed by atoms with E-state index < -0.39 is 16.9 Å². The van der Waals surface area contributed by atoms with Gasteiger partial charge in [0.15, 0.2) is 0 Å². The Morgan fingerprint density at radius 1 is 1.32 bits per heavy atom. The molecule has 0 saturated heterocycles. The van der Waals surface area contributed by atoms with Gasteiger partial charge in [-0.1, -0.05) is 26.2 Å². The molecule has 0 radical (unpaired) electrons. The standard InChI is InChI=1S/C14H31NO3S/c1-4-5-6-7-9-18-12-14(16)11-15-13(2)8-10-19(3)17/h13-16H,4-12H2,1-3H3. The molecule has 0 aliphatic carbocycles. The molecule has 4 nitrogen and oxygen atoms in total. The van der Waals surface area contributed by atoms with Gasteiger partial charge in [0.05, 0.1) is 12.7 Å². The van der Waals surface area contributed by atoms with Crippen LogP contribution >= 0.6 is 0 Å². The lowest BCUT2D eigenvalue weighted by Gasteiger charge is -2.17. The van der Waals surface area contributed by atoms with Gasteiger partial charge in [0.2, 0.25) is 0 Å². The SMILES string of the molecule is CCCCCCOCC(O)CNC(C)CCS(C)=O. The molecule has 0 spiro atoms. The van der Waals surface area contributed by atoms with Crippen molar-refractivity contribution in [2.45, 2.75) is 58.1 Å². The largest absolute Gasteiger partial charge is 0.389 e. The first kappa shape index (κ1) is 19.0. The van der Waals surface area contributed by atoms with E-state index in [9.17, 15) is 9.32 Å². The molecule has 0 heterocycles. The second-order valence-electron chi connectivity index (χ2n) is 5.16. The molecule has 0 aliphatic heterocycles. The number of ether oxygens (including phenoxy) is 1. The predicted molar refractivity (Wildman–Crippen MR) is 82.0 cm³/mol. The van der Waals surface area contributed by atoms with E-state index in [1.807, 2.05) is 6.92 Å². The van der Waals surface area contributed by atoms with Gasteiger partial charge in [-0.15, -0.1) is 0 Å². The highest BCUT2D eigenvalue weighted by Crippen LogP contribution is 1.99. The van der Waals surface area contributed by atoms with Crippen molar-refractivity contribution < 1.29 is 14.1 Å². The smallest absolute Gasteiger partial charge is 0.0897 e. The number of hydrogen-bond donors (Lipinski definition) is 2. The summed E-state index contributed by atoms with van der Waals surface area (Å²) in [6, 6.07) is 0.281. The number of unbranched alkanes of at least 4 members (excludes halogenated alkanes) is 3. The molecule has 0 aromatic rings. The Bertz CT molecular complexity index is 227. The van der Waals surface area contributed by atoms with Gasteiger partial charge in [0, 0.05) is 42.0 Å². The molecule has 3 unspecified atom stereocenters. The van der Waals surface area contributed by atoms with Crippen LogP contribution in [0.2, 0.25) is 0 Å². The third-order valence-corrected chi connectivity index (χ3v) is 3.80. The van der Waals surface area contributed by atoms with Gasteiger partial charge in [0.1, 0.15) is 0 Å². The molecule has 2 N–H and O–H groups in total. The van der Waals surface area contributed by atoms with Crippen molar-refractivity contribution in [1.82, 2.24) is 5.32 Å². The van der Waals surface area contributed by atoms with Crippen LogP contribution in [0.3, 0.4) is 0 Å². The number of aliphatic hydroxyl groups is 1. The van der Waals surface area contributed by atoms with Crippen LogP contribution in [0.5, 0.6) is 0 Å². The summed E-state index contributed by atoms with van der Waals surface area (Å²) < 4.78 is 16.4. The van der Waals surface area contributed by atoms with Gasteiger partial charge in [-0.3, -0.25) is 4.21 Å². The molecule has 0 saturated carbocycles. The van der Waals surface area contributed by atoms with Crippen molar-refractivity contribution >= 4 is 10.8 Å². The summed E-state index contributed by atoms with van der Waals surface area (Å²) in [7, 11) is -0.737. The highest BCUT2D eigenvalue weighted by atomic mass is 32.2. The van der Waals surface area contributed by atoms with Crippen LogP contribution in [0.1, 0.15) is 46.0 Å². The second-order valence-corrected chi connectivity index (χ2v) is 6.72. The number of nitrogens with one attached hydrogen (secondary N) is 1. The Kier molecular flexibility index (Phi) is 13.1. The molecule has 0 amide bonds. The van der Waals surface area contributed by atoms with Crippen molar-refractivity contribution in [3.63, 3.8) is 0 Å². The monoisotopic (exact) mass is 293 g/mol. The fourth-order valence-corrected chi connectivity index (χ4v) is 2.38. The lowest BCUT2D eigenvalue weighted by atomic mass is 10.2. The normalized spacial score (nSPS) is 16.2. The first-order valence-corrected chi connectivity index (χ1v) is 9.08. The van der Waals surface area contributed by atoms with E-state index in [0.717, 1.165) is 19.4 Å². The molecule has 0 fully saturated rings. The van der Waals surface area contributed by atoms with E-state index in [2.05, 4.69) is 12.2 Å². The van der Waals surface area contributed by atoms with E-state index in [-0.39, 0.29) is 6.04 Å². The lowest BCUT2D eigenvalue weighted by molar-refractivity contribution is 0.0343. The predicted octanol–water partition coefficient (Wildman–Crippen LogP) is 1.69. The Labute approximate surface area is 120 Å². The van der Waals surface area contributed by atoms with Crippen LogP contribution in [0, 0.1) is 0 Å². The zero-order chi connectivity index (χ0) is 14.5. The van der Waals surface area contributed by atoms with Gasteiger partial charge in [-0.05, 0) is 19.8 Å². The van der Waals surface area contributed by atoms with Crippen LogP contribution in [-0.4, -0.2) is 53.2 Å². The van der Waals surface area contributed by atoms with Gasteiger partial charge >= 0.3 is 0 Å². The highest BCUT2D eigenvalue weighted by Gasteiger charge is 2.07. The Balaban J connectivity index is 3.37. The average Bonchev–Trinajstić information content (AvgIpc) is 2.38. The summed E-state index contributed by atoms with van der Waals surface area (Å²) in [6.45, 7) is 5.90. The van der Waals surface area contributed by atoms with Gasteiger partial charge in [-0.25, -0.2) is 0 Å². The van der Waals surface area contributed by atoms with E-state index in [4.69, 9.17) is 4.74 Å². The summed E-state index contributed by atoms with van der Waals surface area (Å²) in [5.74, 6) is 0.707. The average molecular weight is 293 g/mol. The molecule has 0 bridgehead atoms. The quantitative estimate of drug-likeness (QED) is 0.507. The maximum atomic E-state index is 10.9. The molecule has 19 heavy (non-hydrogen) atoms. The van der Waals surface area contributed by atoms with Gasteiger partial charge < -0.3 is 15.2 Å². The minimum atomic E-state index is -0.737. The highest BCUT2D eigenvalue weighted by molar-refractivity contribution is 7.84. The molecule has 5 heteroatoms. The van der Waals surface area contributed by atoms with Crippen LogP contribution in [-0.2, 0) is 15.5 Å². The fourth-order valence-electron chi connectivity index (χ4n) is 1.69. The maximum Gasteiger partial charge on any atom is 0.0897 e. The third kappa shape index (κ3) is 14.3. The first-order valence-electron chi connectivity index (χ1n) is 7.35. The summed E-state index contributed by atoms with van der Waals surface area (Å²) in [6.07, 6.45) is 6.89. The van der Waals surface area contributed by atoms with Crippen LogP contribution in [0.4, 0.5) is 0 Å². The fraction of sp³-hybridized carbons (Fsp3) is 1.00. The summed E-state index contributed by atoms with van der Waals surface area (Å²) in [5.41, 5.74) is 0. The van der Waals surface area contributed by atoms with Gasteiger partial charge in [0.25, 0.3) is 0 Å². The third-order valence-electron chi connectivity index (χ3n) is 2.99. The lowest BCUT2D eigenvalue weighted by Crippen LogP contribution is -2.36.